The van der Waals surface area contributed by atoms with Crippen LogP contribution in [0.1, 0.15) is 433 Å². The van der Waals surface area contributed by atoms with E-state index in [1.807, 2.05) is 0 Å². The van der Waals surface area contributed by atoms with E-state index < -0.39 is 97.5 Å². The standard InChI is InChI=1S/C86H164O17P2/c1-7-11-13-15-17-19-21-23-25-26-27-28-29-31-37-41-45-53-59-65-71-85(90)102-81(74-96-83(88)68-62-56-50-43-39-35-33-32-34-38-42-48-54-60-66-78(5)9-3)76-100-104(92,93)98-72-80(87)73-99-105(94,95)101-77-82(75-97-84(89)69-63-57-51-47-46-49-55-61-67-79(6)10-4)103-86(91)70-64-58-52-44-40-36-30-24-22-20-18-16-14-12-8-2/h20,22,24,30,78-82,87H,7-19,21,23,25-29,31-77H2,1-6H3,(H,92,93)(H,94,95)/b22-20-,30-24-/t78?,79?,80-,81-,82-/m1/s1. The minimum Gasteiger partial charge on any atom is -0.462 e. The molecule has 0 spiro atoms. The summed E-state index contributed by atoms with van der Waals surface area (Å²) in [5.74, 6) is -0.510. The van der Waals surface area contributed by atoms with Gasteiger partial charge in [0.05, 0.1) is 26.4 Å². The van der Waals surface area contributed by atoms with Crippen LogP contribution in [-0.2, 0) is 65.4 Å². The molecule has 17 nitrogen and oxygen atoms in total. The van der Waals surface area contributed by atoms with Gasteiger partial charge in [-0.25, -0.2) is 9.13 Å². The SMILES string of the molecule is CCCCCC/C=C\C=C/CCCCCCCC(=O)O[C@H](COC(=O)CCCCCCCCCCC(C)CC)COP(=O)(O)OC[C@H](O)COP(=O)(O)OC[C@@H](COC(=O)CCCCCCCCCCCCCCCCC(C)CC)OC(=O)CCCCCCCCCCCCCCCCCCCCCC. The van der Waals surface area contributed by atoms with Crippen LogP contribution in [0.2, 0.25) is 0 Å². The summed E-state index contributed by atoms with van der Waals surface area (Å²) in [5, 5.41) is 10.7. The highest BCUT2D eigenvalue weighted by Gasteiger charge is 2.30. The summed E-state index contributed by atoms with van der Waals surface area (Å²) in [7, 11) is -9.94. The van der Waals surface area contributed by atoms with Gasteiger partial charge < -0.3 is 33.8 Å². The highest BCUT2D eigenvalue weighted by atomic mass is 31.2. The molecule has 3 N–H and O–H groups in total. The first-order valence-electron chi connectivity index (χ1n) is 43.9. The van der Waals surface area contributed by atoms with Gasteiger partial charge in [-0.1, -0.05) is 380 Å². The van der Waals surface area contributed by atoms with Crippen molar-refractivity contribution < 1.29 is 80.2 Å². The van der Waals surface area contributed by atoms with Crippen molar-refractivity contribution in [2.24, 2.45) is 11.8 Å². The van der Waals surface area contributed by atoms with Crippen molar-refractivity contribution in [3.05, 3.63) is 24.3 Å². The first-order valence-corrected chi connectivity index (χ1v) is 46.9. The maximum absolute atomic E-state index is 13.1. The Morgan fingerprint density at radius 3 is 0.810 bits per heavy atom. The molecule has 0 radical (unpaired) electrons. The van der Waals surface area contributed by atoms with Crippen molar-refractivity contribution in [2.75, 3.05) is 39.6 Å². The summed E-state index contributed by atoms with van der Waals surface area (Å²) in [4.78, 5) is 73.2. The molecular formula is C86H164O17P2. The number of hydrogen-bond acceptors (Lipinski definition) is 15. The zero-order valence-electron chi connectivity index (χ0n) is 68.5. The van der Waals surface area contributed by atoms with Crippen molar-refractivity contribution in [1.82, 2.24) is 0 Å². The Balaban J connectivity index is 5.29. The number of aliphatic hydroxyl groups excluding tert-OH is 1. The fraction of sp³-hybridized carbons (Fsp3) is 0.907. The number of phosphoric acid groups is 2. The second-order valence-corrected chi connectivity index (χ2v) is 33.6. The molecule has 0 aromatic carbocycles. The van der Waals surface area contributed by atoms with Crippen molar-refractivity contribution in [3.8, 4) is 0 Å². The lowest BCUT2D eigenvalue weighted by molar-refractivity contribution is -0.161. The Morgan fingerprint density at radius 1 is 0.305 bits per heavy atom. The van der Waals surface area contributed by atoms with E-state index in [4.69, 9.17) is 37.0 Å². The summed E-state index contributed by atoms with van der Waals surface area (Å²) in [6, 6.07) is 0. The average molecular weight is 1530 g/mol. The van der Waals surface area contributed by atoms with Gasteiger partial charge in [0.1, 0.15) is 19.3 Å². The van der Waals surface area contributed by atoms with Crippen LogP contribution in [0.25, 0.3) is 0 Å². The first kappa shape index (κ1) is 103. The van der Waals surface area contributed by atoms with Crippen LogP contribution in [-0.4, -0.2) is 96.7 Å². The molecule has 0 aromatic heterocycles. The van der Waals surface area contributed by atoms with Gasteiger partial charge in [-0.05, 0) is 63.2 Å². The number of allylic oxidation sites excluding steroid dienone is 4. The van der Waals surface area contributed by atoms with Gasteiger partial charge in [0.15, 0.2) is 12.2 Å². The average Bonchev–Trinajstić information content (AvgIpc) is 0.904. The van der Waals surface area contributed by atoms with Crippen LogP contribution in [0, 0.1) is 11.8 Å². The van der Waals surface area contributed by atoms with Crippen LogP contribution in [0.3, 0.4) is 0 Å². The molecule has 0 bridgehead atoms. The fourth-order valence-corrected chi connectivity index (χ4v) is 14.4. The summed E-state index contributed by atoms with van der Waals surface area (Å²) in [6.45, 7) is 9.66. The maximum atomic E-state index is 13.1. The summed E-state index contributed by atoms with van der Waals surface area (Å²) in [6.07, 6.45) is 71.5. The number of unbranched alkanes of at least 4 members (excludes halogenated alkanes) is 48. The number of rotatable bonds is 83. The van der Waals surface area contributed by atoms with Crippen molar-refractivity contribution >= 4 is 39.5 Å². The molecule has 0 aliphatic carbocycles. The molecule has 0 aliphatic rings. The second kappa shape index (κ2) is 76.9. The van der Waals surface area contributed by atoms with Crippen LogP contribution in [0.15, 0.2) is 24.3 Å². The Kier molecular flexibility index (Phi) is 75.1. The van der Waals surface area contributed by atoms with Crippen molar-refractivity contribution in [1.29, 1.82) is 0 Å². The fourth-order valence-electron chi connectivity index (χ4n) is 12.8. The largest absolute Gasteiger partial charge is 0.472 e. The number of phosphoric ester groups is 2. The van der Waals surface area contributed by atoms with Gasteiger partial charge in [0, 0.05) is 25.7 Å². The minimum atomic E-state index is -4.97. The normalized spacial score (nSPS) is 14.5. The highest BCUT2D eigenvalue weighted by Crippen LogP contribution is 2.45. The minimum absolute atomic E-state index is 0.0848. The molecule has 0 saturated heterocycles. The van der Waals surface area contributed by atoms with Gasteiger partial charge in [0.2, 0.25) is 0 Å². The van der Waals surface area contributed by atoms with E-state index in [2.05, 4.69) is 65.8 Å². The second-order valence-electron chi connectivity index (χ2n) is 30.7. The zero-order valence-corrected chi connectivity index (χ0v) is 70.3. The topological polar surface area (TPSA) is 237 Å². The third-order valence-corrected chi connectivity index (χ3v) is 22.2. The lowest BCUT2D eigenvalue weighted by atomic mass is 9.99. The predicted octanol–water partition coefficient (Wildman–Crippen LogP) is 25.8. The molecule has 0 saturated carbocycles. The van der Waals surface area contributed by atoms with E-state index in [0.717, 1.165) is 115 Å². The molecule has 19 heteroatoms. The number of hydrogen-bond donors (Lipinski definition) is 3. The van der Waals surface area contributed by atoms with E-state index in [-0.39, 0.29) is 25.7 Å². The first-order chi connectivity index (χ1) is 50.9. The zero-order chi connectivity index (χ0) is 77.1. The Bertz CT molecular complexity index is 2110. The molecule has 0 heterocycles. The van der Waals surface area contributed by atoms with Gasteiger partial charge in [-0.2, -0.15) is 0 Å². The van der Waals surface area contributed by atoms with Gasteiger partial charge in [-0.15, -0.1) is 0 Å². The van der Waals surface area contributed by atoms with Gasteiger partial charge >= 0.3 is 39.5 Å². The maximum Gasteiger partial charge on any atom is 0.472 e. The highest BCUT2D eigenvalue weighted by molar-refractivity contribution is 7.47. The molecular weight excluding hydrogens is 1370 g/mol. The molecule has 0 aromatic rings. The van der Waals surface area contributed by atoms with Crippen LogP contribution in [0.4, 0.5) is 0 Å². The lowest BCUT2D eigenvalue weighted by Gasteiger charge is -2.21. The molecule has 0 fully saturated rings. The van der Waals surface area contributed by atoms with Crippen molar-refractivity contribution in [2.45, 2.75) is 452 Å². The van der Waals surface area contributed by atoms with E-state index in [0.29, 0.717) is 25.7 Å². The third kappa shape index (κ3) is 76.7. The van der Waals surface area contributed by atoms with E-state index in [9.17, 15) is 43.2 Å². The number of carbonyl (C=O) groups is 4. The molecule has 0 amide bonds. The van der Waals surface area contributed by atoms with Crippen LogP contribution < -0.4 is 0 Å². The van der Waals surface area contributed by atoms with Crippen LogP contribution >= 0.6 is 15.6 Å². The molecule has 0 aliphatic heterocycles. The molecule has 0 rings (SSSR count). The molecule has 7 atom stereocenters. The Labute approximate surface area is 643 Å². The molecule has 4 unspecified atom stereocenters. The molecule has 620 valence electrons. The molecule has 105 heavy (non-hydrogen) atoms. The van der Waals surface area contributed by atoms with E-state index in [1.54, 1.807) is 0 Å². The van der Waals surface area contributed by atoms with Crippen LogP contribution in [0.5, 0.6) is 0 Å². The lowest BCUT2D eigenvalue weighted by Crippen LogP contribution is -2.30. The summed E-state index contributed by atoms with van der Waals surface area (Å²) >= 11 is 0. The van der Waals surface area contributed by atoms with E-state index in [1.165, 1.54) is 238 Å². The number of ether oxygens (including phenoxy) is 4. The smallest absolute Gasteiger partial charge is 0.462 e. The summed E-state index contributed by atoms with van der Waals surface area (Å²) in [5.41, 5.74) is 0. The Hall–Kier alpha value is -2.46. The van der Waals surface area contributed by atoms with Gasteiger partial charge in [0.25, 0.3) is 0 Å². The number of carbonyl (C=O) groups excluding carboxylic acids is 4. The third-order valence-electron chi connectivity index (χ3n) is 20.3. The monoisotopic (exact) mass is 1530 g/mol. The predicted molar refractivity (Wildman–Crippen MR) is 432 cm³/mol. The van der Waals surface area contributed by atoms with Crippen molar-refractivity contribution in [3.63, 3.8) is 0 Å². The summed E-state index contributed by atoms with van der Waals surface area (Å²) < 4.78 is 68.9. The Morgan fingerprint density at radius 2 is 0.533 bits per heavy atom. The van der Waals surface area contributed by atoms with E-state index >= 15 is 0 Å². The number of esters is 4. The van der Waals surface area contributed by atoms with Gasteiger partial charge in [-0.3, -0.25) is 37.3 Å². The quantitative estimate of drug-likeness (QED) is 0.0169. The number of aliphatic hydroxyl groups is 1.